The van der Waals surface area contributed by atoms with Crippen molar-refractivity contribution in [2.75, 3.05) is 0 Å². The van der Waals surface area contributed by atoms with E-state index in [1.165, 1.54) is 0 Å². The maximum Gasteiger partial charge on any atom is 0.197 e. The van der Waals surface area contributed by atoms with E-state index in [-0.39, 0.29) is 4.63 Å². The molecular formula is C8H4Cl2N2. The smallest absolute Gasteiger partial charge is 0.197 e. The highest BCUT2D eigenvalue weighted by molar-refractivity contribution is 6.95. The summed E-state index contributed by atoms with van der Waals surface area (Å²) >= 11 is 10.7. The van der Waals surface area contributed by atoms with Gasteiger partial charge in [0, 0.05) is 0 Å². The molecule has 0 saturated heterocycles. The summed E-state index contributed by atoms with van der Waals surface area (Å²) < 4.78 is -0.0994. The number of aliphatic imine (C=N–C) groups is 1. The topological polar surface area (TPSA) is 36.1 Å². The highest BCUT2D eigenvalue weighted by atomic mass is 35.5. The van der Waals surface area contributed by atoms with Crippen LogP contribution in [0.5, 0.6) is 0 Å². The van der Waals surface area contributed by atoms with Gasteiger partial charge in [0.25, 0.3) is 0 Å². The monoisotopic (exact) mass is 198 g/mol. The van der Waals surface area contributed by atoms with Gasteiger partial charge >= 0.3 is 0 Å². The van der Waals surface area contributed by atoms with Crippen molar-refractivity contribution in [3.05, 3.63) is 29.8 Å². The molecule has 60 valence electrons. The van der Waals surface area contributed by atoms with Crippen LogP contribution in [0.15, 0.2) is 29.3 Å². The van der Waals surface area contributed by atoms with Gasteiger partial charge in [0.05, 0.1) is 11.3 Å². The van der Waals surface area contributed by atoms with Crippen molar-refractivity contribution in [1.82, 2.24) is 0 Å². The van der Waals surface area contributed by atoms with Gasteiger partial charge < -0.3 is 0 Å². The second kappa shape index (κ2) is 4.10. The molecule has 0 heterocycles. The zero-order valence-electron chi connectivity index (χ0n) is 5.96. The standard InChI is InChI=1S/C8H4Cl2N2/c9-8(10)12-7-4-2-1-3-6(7)5-11/h1-4H. The summed E-state index contributed by atoms with van der Waals surface area (Å²) in [5.74, 6) is 0. The summed E-state index contributed by atoms with van der Waals surface area (Å²) in [5, 5.41) is 8.63. The molecule has 0 saturated carbocycles. The van der Waals surface area contributed by atoms with Crippen LogP contribution in [0.1, 0.15) is 5.56 Å². The van der Waals surface area contributed by atoms with Crippen LogP contribution in [-0.4, -0.2) is 4.63 Å². The Morgan fingerprint density at radius 1 is 1.33 bits per heavy atom. The molecule has 0 aliphatic carbocycles. The number of hydrogen-bond donors (Lipinski definition) is 0. The third-order valence-electron chi connectivity index (χ3n) is 1.23. The van der Waals surface area contributed by atoms with Crippen LogP contribution >= 0.6 is 23.2 Å². The largest absolute Gasteiger partial charge is 0.224 e. The predicted octanol–water partition coefficient (Wildman–Crippen LogP) is 3.02. The van der Waals surface area contributed by atoms with Crippen molar-refractivity contribution >= 4 is 33.5 Å². The number of nitriles is 1. The molecule has 0 aromatic heterocycles. The summed E-state index contributed by atoms with van der Waals surface area (Å²) in [7, 11) is 0. The molecule has 1 aromatic carbocycles. The summed E-state index contributed by atoms with van der Waals surface area (Å²) in [6.07, 6.45) is 0. The molecule has 1 rings (SSSR count). The minimum Gasteiger partial charge on any atom is -0.224 e. The molecule has 0 aliphatic rings. The number of para-hydroxylation sites is 1. The van der Waals surface area contributed by atoms with Gasteiger partial charge in [0.15, 0.2) is 4.63 Å². The Morgan fingerprint density at radius 3 is 2.58 bits per heavy atom. The van der Waals surface area contributed by atoms with E-state index in [4.69, 9.17) is 28.5 Å². The van der Waals surface area contributed by atoms with Crippen LogP contribution in [-0.2, 0) is 0 Å². The number of hydrogen-bond acceptors (Lipinski definition) is 2. The first-order chi connectivity index (χ1) is 5.74. The van der Waals surface area contributed by atoms with Crippen molar-refractivity contribution in [2.45, 2.75) is 0 Å². The fourth-order valence-corrected chi connectivity index (χ4v) is 0.939. The third kappa shape index (κ3) is 2.23. The molecule has 12 heavy (non-hydrogen) atoms. The first-order valence-corrected chi connectivity index (χ1v) is 3.88. The summed E-state index contributed by atoms with van der Waals surface area (Å²) in [6, 6.07) is 8.80. The zero-order valence-corrected chi connectivity index (χ0v) is 7.47. The predicted molar refractivity (Wildman–Crippen MR) is 50.0 cm³/mol. The van der Waals surface area contributed by atoms with Crippen molar-refractivity contribution in [1.29, 1.82) is 5.26 Å². The molecule has 4 heteroatoms. The van der Waals surface area contributed by atoms with Gasteiger partial charge in [-0.3, -0.25) is 0 Å². The number of halogens is 2. The van der Waals surface area contributed by atoms with E-state index in [1.54, 1.807) is 24.3 Å². The van der Waals surface area contributed by atoms with Crippen molar-refractivity contribution in [2.24, 2.45) is 4.99 Å². The average molecular weight is 199 g/mol. The second-order valence-corrected chi connectivity index (χ2v) is 2.89. The van der Waals surface area contributed by atoms with E-state index in [0.29, 0.717) is 11.3 Å². The first-order valence-electron chi connectivity index (χ1n) is 3.13. The van der Waals surface area contributed by atoms with Crippen LogP contribution in [0.4, 0.5) is 5.69 Å². The molecule has 0 fully saturated rings. The minimum atomic E-state index is -0.0994. The Hall–Kier alpha value is -1.04. The molecule has 0 N–H and O–H groups in total. The Bertz CT molecular complexity index is 348. The van der Waals surface area contributed by atoms with Crippen LogP contribution in [0.3, 0.4) is 0 Å². The van der Waals surface area contributed by atoms with E-state index >= 15 is 0 Å². The second-order valence-electron chi connectivity index (χ2n) is 1.98. The van der Waals surface area contributed by atoms with E-state index in [9.17, 15) is 0 Å². The molecule has 0 radical (unpaired) electrons. The van der Waals surface area contributed by atoms with E-state index in [1.807, 2.05) is 6.07 Å². The van der Waals surface area contributed by atoms with Gasteiger partial charge in [-0.2, -0.15) is 5.26 Å². The van der Waals surface area contributed by atoms with Crippen LogP contribution < -0.4 is 0 Å². The van der Waals surface area contributed by atoms with Gasteiger partial charge in [-0.15, -0.1) is 0 Å². The fraction of sp³-hybridized carbons (Fsp3) is 0. The van der Waals surface area contributed by atoms with Gasteiger partial charge in [-0.05, 0) is 35.3 Å². The quantitative estimate of drug-likeness (QED) is 0.640. The van der Waals surface area contributed by atoms with Crippen LogP contribution in [0.2, 0.25) is 0 Å². The molecular weight excluding hydrogens is 195 g/mol. The first kappa shape index (κ1) is 9.05. The van der Waals surface area contributed by atoms with Gasteiger partial charge in [-0.1, -0.05) is 12.1 Å². The Kier molecular flexibility index (Phi) is 3.09. The normalized spacial score (nSPS) is 8.75. The third-order valence-corrected chi connectivity index (χ3v) is 1.40. The SMILES string of the molecule is N#Cc1ccccc1N=C(Cl)Cl. The van der Waals surface area contributed by atoms with E-state index < -0.39 is 0 Å². The van der Waals surface area contributed by atoms with E-state index in [2.05, 4.69) is 4.99 Å². The average Bonchev–Trinajstić information content (AvgIpc) is 2.04. The number of nitrogens with zero attached hydrogens (tertiary/aromatic N) is 2. The molecule has 0 unspecified atom stereocenters. The lowest BCUT2D eigenvalue weighted by atomic mass is 10.2. The molecule has 2 nitrogen and oxygen atoms in total. The summed E-state index contributed by atoms with van der Waals surface area (Å²) in [5.41, 5.74) is 0.941. The van der Waals surface area contributed by atoms with Crippen LogP contribution in [0.25, 0.3) is 0 Å². The van der Waals surface area contributed by atoms with Crippen molar-refractivity contribution < 1.29 is 0 Å². The Morgan fingerprint density at radius 2 is 2.00 bits per heavy atom. The Labute approximate surface area is 80.1 Å². The molecule has 0 aliphatic heterocycles. The molecule has 1 aromatic rings. The molecule has 0 spiro atoms. The van der Waals surface area contributed by atoms with Crippen molar-refractivity contribution in [3.8, 4) is 6.07 Å². The zero-order chi connectivity index (χ0) is 8.97. The maximum absolute atomic E-state index is 8.63. The lowest BCUT2D eigenvalue weighted by molar-refractivity contribution is 1.45. The minimum absolute atomic E-state index is 0.0994. The van der Waals surface area contributed by atoms with Crippen molar-refractivity contribution in [3.63, 3.8) is 0 Å². The Balaban J connectivity index is 3.17. The lowest BCUT2D eigenvalue weighted by Crippen LogP contribution is -1.76. The van der Waals surface area contributed by atoms with Crippen LogP contribution in [0, 0.1) is 11.3 Å². The highest BCUT2D eigenvalue weighted by Crippen LogP contribution is 2.18. The lowest BCUT2D eigenvalue weighted by Gasteiger charge is -1.94. The molecule has 0 atom stereocenters. The summed E-state index contributed by atoms with van der Waals surface area (Å²) in [4.78, 5) is 3.76. The molecule has 0 amide bonds. The fourth-order valence-electron chi connectivity index (χ4n) is 0.757. The van der Waals surface area contributed by atoms with E-state index in [0.717, 1.165) is 0 Å². The summed E-state index contributed by atoms with van der Waals surface area (Å²) in [6.45, 7) is 0. The maximum atomic E-state index is 8.63. The van der Waals surface area contributed by atoms with Gasteiger partial charge in [0.2, 0.25) is 0 Å². The van der Waals surface area contributed by atoms with Gasteiger partial charge in [-0.25, -0.2) is 4.99 Å². The molecule has 0 bridgehead atoms. The number of benzene rings is 1. The number of rotatable bonds is 1. The van der Waals surface area contributed by atoms with Gasteiger partial charge in [0.1, 0.15) is 6.07 Å². The highest BCUT2D eigenvalue weighted by Gasteiger charge is 1.98.